The number of para-hydroxylation sites is 1. The molecule has 26 heavy (non-hydrogen) atoms. The zero-order valence-corrected chi connectivity index (χ0v) is 18.5. The number of hydrogen-bond acceptors (Lipinski definition) is 4. The number of benzene rings is 1. The lowest BCUT2D eigenvalue weighted by atomic mass is 9.78. The smallest absolute Gasteiger partial charge is 0.226 e. The Balaban J connectivity index is 0.00000312. The summed E-state index contributed by atoms with van der Waals surface area (Å²) in [4.78, 5) is 17.6. The first-order chi connectivity index (χ1) is 11.5. The predicted octanol–water partition coefficient (Wildman–Crippen LogP) is 4.60. The molecule has 2 aromatic rings. The van der Waals surface area contributed by atoms with Gasteiger partial charge in [0.05, 0.1) is 20.6 Å². The van der Waals surface area contributed by atoms with Crippen LogP contribution in [0.1, 0.15) is 45.5 Å². The molecule has 1 heterocycles. The van der Waals surface area contributed by atoms with Crippen molar-refractivity contribution < 1.29 is 4.79 Å². The number of halogens is 2. The van der Waals surface area contributed by atoms with Gasteiger partial charge in [0.25, 0.3) is 0 Å². The number of carbonyl (C=O) groups excluding carboxylic acids is 1. The highest BCUT2D eigenvalue weighted by molar-refractivity contribution is 7.18. The molecule has 0 saturated heterocycles. The summed E-state index contributed by atoms with van der Waals surface area (Å²) in [6.45, 7) is 9.95. The van der Waals surface area contributed by atoms with Crippen LogP contribution in [0.2, 0.25) is 0 Å². The van der Waals surface area contributed by atoms with Gasteiger partial charge in [0.1, 0.15) is 0 Å². The fourth-order valence-corrected chi connectivity index (χ4v) is 4.15. The van der Waals surface area contributed by atoms with Crippen molar-refractivity contribution in [2.75, 3.05) is 13.1 Å². The maximum atomic E-state index is 12.9. The van der Waals surface area contributed by atoms with E-state index in [4.69, 9.17) is 4.98 Å². The Morgan fingerprint density at radius 3 is 2.42 bits per heavy atom. The Kier molecular flexibility index (Phi) is 11.4. The summed E-state index contributed by atoms with van der Waals surface area (Å²) < 4.78 is 1.19. The number of thiazole rings is 1. The van der Waals surface area contributed by atoms with E-state index in [1.165, 1.54) is 4.70 Å². The Labute approximate surface area is 173 Å². The van der Waals surface area contributed by atoms with Crippen LogP contribution in [0, 0.1) is 5.41 Å². The first kappa shape index (κ1) is 25.1. The number of nitrogens with zero attached hydrogens (tertiary/aromatic N) is 1. The first-order valence-electron chi connectivity index (χ1n) is 8.90. The zero-order valence-electron chi connectivity index (χ0n) is 16.0. The van der Waals surface area contributed by atoms with Gasteiger partial charge in [-0.1, -0.05) is 32.9 Å². The summed E-state index contributed by atoms with van der Waals surface area (Å²) in [6.07, 6.45) is 2.35. The maximum Gasteiger partial charge on any atom is 0.226 e. The summed E-state index contributed by atoms with van der Waals surface area (Å²) >= 11 is 1.70. The Morgan fingerprint density at radius 1 is 1.19 bits per heavy atom. The summed E-state index contributed by atoms with van der Waals surface area (Å²) in [5.41, 5.74) is 0.652. The van der Waals surface area contributed by atoms with Crippen molar-refractivity contribution in [3.8, 4) is 0 Å². The third kappa shape index (κ3) is 6.08. The van der Waals surface area contributed by atoms with Crippen LogP contribution in [0.15, 0.2) is 24.3 Å². The number of fused-ring (bicyclic) bond motifs is 1. The number of amides is 1. The summed E-state index contributed by atoms with van der Waals surface area (Å²) in [5, 5.41) is 7.52. The molecule has 2 N–H and O–H groups in total. The van der Waals surface area contributed by atoms with Gasteiger partial charge in [-0.3, -0.25) is 4.79 Å². The first-order valence-corrected chi connectivity index (χ1v) is 9.72. The number of aromatic nitrogens is 1. The van der Waals surface area contributed by atoms with Crippen molar-refractivity contribution in [3.63, 3.8) is 0 Å². The van der Waals surface area contributed by atoms with E-state index >= 15 is 0 Å². The van der Waals surface area contributed by atoms with Crippen molar-refractivity contribution in [3.05, 3.63) is 29.3 Å². The highest BCUT2D eigenvalue weighted by atomic mass is 35.5. The molecule has 0 aliphatic heterocycles. The minimum absolute atomic E-state index is 0. The van der Waals surface area contributed by atoms with Gasteiger partial charge in [-0.25, -0.2) is 4.98 Å². The highest BCUT2D eigenvalue weighted by Gasteiger charge is 2.36. The fourth-order valence-electron chi connectivity index (χ4n) is 3.04. The quantitative estimate of drug-likeness (QED) is 0.623. The molecule has 0 saturated carbocycles. The van der Waals surface area contributed by atoms with E-state index in [1.54, 1.807) is 11.3 Å². The molecule has 1 atom stereocenters. The number of nitrogens with one attached hydrogen (secondary N) is 2. The lowest BCUT2D eigenvalue weighted by Crippen LogP contribution is -2.46. The topological polar surface area (TPSA) is 54.0 Å². The van der Waals surface area contributed by atoms with Gasteiger partial charge < -0.3 is 10.6 Å². The van der Waals surface area contributed by atoms with Crippen molar-refractivity contribution in [2.24, 2.45) is 5.41 Å². The monoisotopic (exact) mass is 419 g/mol. The Morgan fingerprint density at radius 2 is 1.85 bits per heavy atom. The molecule has 0 aliphatic carbocycles. The fraction of sp³-hybridized carbons (Fsp3) is 0.579. The highest BCUT2D eigenvalue weighted by Crippen LogP contribution is 2.34. The number of rotatable bonds is 9. The van der Waals surface area contributed by atoms with Gasteiger partial charge >= 0.3 is 0 Å². The molecule has 0 spiro atoms. The van der Waals surface area contributed by atoms with E-state index in [9.17, 15) is 4.79 Å². The van der Waals surface area contributed by atoms with Crippen LogP contribution in [0.5, 0.6) is 0 Å². The largest absolute Gasteiger partial charge is 0.354 e. The van der Waals surface area contributed by atoms with Gasteiger partial charge in [-0.2, -0.15) is 0 Å². The normalized spacial score (nSPS) is 12.2. The minimum atomic E-state index is -0.375. The van der Waals surface area contributed by atoms with Gasteiger partial charge in [-0.05, 0) is 38.4 Å². The van der Waals surface area contributed by atoms with Gasteiger partial charge in [-0.15, -0.1) is 36.2 Å². The molecule has 1 amide bonds. The lowest BCUT2D eigenvalue weighted by molar-refractivity contribution is -0.131. The molecule has 0 unspecified atom stereocenters. The van der Waals surface area contributed by atoms with Gasteiger partial charge in [0.2, 0.25) is 5.91 Å². The third-order valence-corrected chi connectivity index (χ3v) is 5.82. The van der Waals surface area contributed by atoms with Gasteiger partial charge in [0.15, 0.2) is 0 Å². The predicted molar refractivity (Wildman–Crippen MR) is 117 cm³/mol. The second-order valence-corrected chi connectivity index (χ2v) is 7.52. The summed E-state index contributed by atoms with van der Waals surface area (Å²) in [5.74, 6) is 0.150. The Hall–Kier alpha value is -0.880. The SMILES string of the molecule is CCN[C@H](C)CNC(=O)C(CC)(CC)Cc1nc2ccccc2s1.Cl.Cl. The number of hydrogen-bond donors (Lipinski definition) is 2. The molecule has 7 heteroatoms. The Bertz CT molecular complexity index is 641. The van der Waals surface area contributed by atoms with Crippen LogP contribution < -0.4 is 10.6 Å². The minimum Gasteiger partial charge on any atom is -0.354 e. The van der Waals surface area contributed by atoms with E-state index in [-0.39, 0.29) is 42.2 Å². The van der Waals surface area contributed by atoms with Crippen LogP contribution in [0.25, 0.3) is 10.2 Å². The third-order valence-electron chi connectivity index (χ3n) is 4.78. The van der Waals surface area contributed by atoms with Crippen LogP contribution in [0.4, 0.5) is 0 Å². The van der Waals surface area contributed by atoms with Crippen molar-refractivity contribution in [1.29, 1.82) is 0 Å². The van der Waals surface area contributed by atoms with Crippen LogP contribution in [-0.2, 0) is 11.2 Å². The lowest BCUT2D eigenvalue weighted by Gasteiger charge is -2.30. The van der Waals surface area contributed by atoms with Gasteiger partial charge in [0, 0.05) is 19.0 Å². The standard InChI is InChI=1S/C19H29N3OS.2ClH/c1-5-19(6-2,18(23)21-13-14(4)20-7-3)12-17-22-15-10-8-9-11-16(15)24-17;;/h8-11,14,20H,5-7,12-13H2,1-4H3,(H,21,23);2*1H/t14-;;/m1../s1. The zero-order chi connectivity index (χ0) is 17.6. The van der Waals surface area contributed by atoms with E-state index in [1.807, 2.05) is 18.2 Å². The molecule has 0 fully saturated rings. The van der Waals surface area contributed by atoms with Crippen molar-refractivity contribution in [1.82, 2.24) is 15.6 Å². The number of carbonyl (C=O) groups is 1. The molecule has 0 aliphatic rings. The molecular weight excluding hydrogens is 389 g/mol. The van der Waals surface area contributed by atoms with E-state index < -0.39 is 0 Å². The van der Waals surface area contributed by atoms with Crippen molar-refractivity contribution in [2.45, 2.75) is 53.0 Å². The van der Waals surface area contributed by atoms with Crippen LogP contribution in [0.3, 0.4) is 0 Å². The van der Waals surface area contributed by atoms with E-state index in [2.05, 4.69) is 44.4 Å². The molecule has 4 nitrogen and oxygen atoms in total. The maximum absolute atomic E-state index is 12.9. The molecule has 1 aromatic heterocycles. The molecular formula is C19H31Cl2N3OS. The second kappa shape index (κ2) is 11.8. The molecule has 148 valence electrons. The van der Waals surface area contributed by atoms with Crippen molar-refractivity contribution >= 4 is 52.3 Å². The van der Waals surface area contributed by atoms with Crippen LogP contribution in [-0.4, -0.2) is 30.0 Å². The molecule has 2 rings (SSSR count). The summed E-state index contributed by atoms with van der Waals surface area (Å²) in [7, 11) is 0. The number of likely N-dealkylation sites (N-methyl/N-ethyl adjacent to an activating group) is 1. The molecule has 0 radical (unpaired) electrons. The van der Waals surface area contributed by atoms with E-state index in [0.29, 0.717) is 13.0 Å². The van der Waals surface area contributed by atoms with E-state index in [0.717, 1.165) is 29.9 Å². The summed E-state index contributed by atoms with van der Waals surface area (Å²) in [6, 6.07) is 8.45. The second-order valence-electron chi connectivity index (χ2n) is 6.41. The average molecular weight is 420 g/mol. The average Bonchev–Trinajstić information content (AvgIpc) is 3.00. The molecule has 1 aromatic carbocycles. The van der Waals surface area contributed by atoms with Crippen LogP contribution >= 0.6 is 36.2 Å². The molecule has 0 bridgehead atoms.